The third kappa shape index (κ3) is 4.70. The van der Waals surface area contributed by atoms with Crippen LogP contribution in [0.3, 0.4) is 0 Å². The van der Waals surface area contributed by atoms with Crippen LogP contribution in [0.15, 0.2) is 24.3 Å². The van der Waals surface area contributed by atoms with Gasteiger partial charge in [-0.3, -0.25) is 4.90 Å². The highest BCUT2D eigenvalue weighted by Gasteiger charge is 2.21. The molecular weight excluding hydrogens is 263 g/mol. The van der Waals surface area contributed by atoms with Gasteiger partial charge in [-0.1, -0.05) is 0 Å². The van der Waals surface area contributed by atoms with E-state index in [-0.39, 0.29) is 11.9 Å². The molecule has 1 aromatic carbocycles. The van der Waals surface area contributed by atoms with E-state index in [1.54, 1.807) is 12.1 Å². The molecule has 0 radical (unpaired) electrons. The van der Waals surface area contributed by atoms with Crippen molar-refractivity contribution in [3.05, 3.63) is 30.1 Å². The Balaban J connectivity index is 1.63. The zero-order chi connectivity index (χ0) is 14.4. The second-order valence-corrected chi connectivity index (χ2v) is 4.78. The first kappa shape index (κ1) is 14.6. The lowest BCUT2D eigenvalue weighted by molar-refractivity contribution is 0.0523. The van der Waals surface area contributed by atoms with E-state index in [1.807, 2.05) is 0 Å². The number of primary amides is 1. The van der Waals surface area contributed by atoms with Crippen molar-refractivity contribution in [2.45, 2.75) is 18.9 Å². The monoisotopic (exact) mass is 282 g/mol. The molecule has 0 spiro atoms. The molecule has 1 saturated heterocycles. The summed E-state index contributed by atoms with van der Waals surface area (Å²) in [6.45, 7) is 3.04. The Kier molecular flexibility index (Phi) is 5.17. The van der Waals surface area contributed by atoms with Crippen molar-refractivity contribution >= 4 is 6.09 Å². The van der Waals surface area contributed by atoms with Crippen LogP contribution >= 0.6 is 0 Å². The van der Waals surface area contributed by atoms with Crippen LogP contribution in [0.2, 0.25) is 0 Å². The number of nitrogens with two attached hydrogens (primary N) is 1. The molecule has 1 heterocycles. The molecule has 1 aliphatic rings. The Morgan fingerprint density at radius 2 is 1.95 bits per heavy atom. The second-order valence-electron chi connectivity index (χ2n) is 4.78. The summed E-state index contributed by atoms with van der Waals surface area (Å²) < 4.78 is 23.2. The molecule has 1 amide bonds. The first-order chi connectivity index (χ1) is 9.63. The second kappa shape index (κ2) is 7.09. The molecule has 5 nitrogen and oxygen atoms in total. The lowest BCUT2D eigenvalue weighted by Crippen LogP contribution is -2.40. The van der Waals surface area contributed by atoms with Crippen LogP contribution in [0.5, 0.6) is 5.75 Å². The Hall–Kier alpha value is -1.82. The van der Waals surface area contributed by atoms with Crippen molar-refractivity contribution in [3.63, 3.8) is 0 Å². The predicted molar refractivity (Wildman–Crippen MR) is 72.0 cm³/mol. The molecule has 0 atom stereocenters. The topological polar surface area (TPSA) is 64.8 Å². The minimum Gasteiger partial charge on any atom is -0.492 e. The van der Waals surface area contributed by atoms with E-state index in [1.165, 1.54) is 12.1 Å². The smallest absolute Gasteiger partial charge is 0.404 e. The van der Waals surface area contributed by atoms with Crippen molar-refractivity contribution in [2.75, 3.05) is 26.2 Å². The lowest BCUT2D eigenvalue weighted by atomic mass is 10.1. The van der Waals surface area contributed by atoms with Gasteiger partial charge in [0, 0.05) is 19.6 Å². The molecule has 20 heavy (non-hydrogen) atoms. The maximum atomic E-state index is 12.7. The SMILES string of the molecule is NC(=O)OC1CCN(CCOc2ccc(F)cc2)CC1. The Morgan fingerprint density at radius 3 is 2.55 bits per heavy atom. The molecule has 0 bridgehead atoms. The summed E-state index contributed by atoms with van der Waals surface area (Å²) in [5, 5.41) is 0. The number of amides is 1. The van der Waals surface area contributed by atoms with Gasteiger partial charge in [-0.25, -0.2) is 9.18 Å². The summed E-state index contributed by atoms with van der Waals surface area (Å²) in [4.78, 5) is 12.9. The Labute approximate surface area is 117 Å². The van der Waals surface area contributed by atoms with Crippen LogP contribution in [0, 0.1) is 5.82 Å². The van der Waals surface area contributed by atoms with Crippen molar-refractivity contribution in [3.8, 4) is 5.75 Å². The van der Waals surface area contributed by atoms with Crippen molar-refractivity contribution in [1.29, 1.82) is 0 Å². The highest BCUT2D eigenvalue weighted by molar-refractivity contribution is 5.64. The number of halogens is 1. The van der Waals surface area contributed by atoms with E-state index in [2.05, 4.69) is 4.90 Å². The lowest BCUT2D eigenvalue weighted by Gasteiger charge is -2.31. The molecule has 0 aliphatic carbocycles. The van der Waals surface area contributed by atoms with E-state index in [0.29, 0.717) is 12.4 Å². The van der Waals surface area contributed by atoms with Gasteiger partial charge in [-0.05, 0) is 37.1 Å². The summed E-state index contributed by atoms with van der Waals surface area (Å²) in [6, 6.07) is 5.98. The molecule has 0 saturated carbocycles. The van der Waals surface area contributed by atoms with Crippen LogP contribution in [0.1, 0.15) is 12.8 Å². The maximum Gasteiger partial charge on any atom is 0.404 e. The zero-order valence-corrected chi connectivity index (χ0v) is 11.3. The molecule has 1 aliphatic heterocycles. The number of benzene rings is 1. The van der Waals surface area contributed by atoms with Crippen LogP contribution in [-0.4, -0.2) is 43.3 Å². The zero-order valence-electron chi connectivity index (χ0n) is 11.3. The minimum absolute atomic E-state index is 0.0678. The van der Waals surface area contributed by atoms with Gasteiger partial charge in [0.05, 0.1) is 0 Å². The molecule has 0 aromatic heterocycles. The molecule has 1 fully saturated rings. The number of hydrogen-bond acceptors (Lipinski definition) is 4. The normalized spacial score (nSPS) is 16.9. The van der Waals surface area contributed by atoms with Gasteiger partial charge in [0.2, 0.25) is 0 Å². The highest BCUT2D eigenvalue weighted by Crippen LogP contribution is 2.14. The molecule has 2 N–H and O–H groups in total. The summed E-state index contributed by atoms with van der Waals surface area (Å²) in [5.41, 5.74) is 4.99. The van der Waals surface area contributed by atoms with E-state index < -0.39 is 6.09 Å². The number of nitrogens with zero attached hydrogens (tertiary/aromatic N) is 1. The van der Waals surface area contributed by atoms with Crippen molar-refractivity contribution in [1.82, 2.24) is 4.90 Å². The molecular formula is C14H19FN2O3. The third-order valence-electron chi connectivity index (χ3n) is 3.31. The van der Waals surface area contributed by atoms with Gasteiger partial charge in [-0.2, -0.15) is 0 Å². The number of hydrogen-bond donors (Lipinski definition) is 1. The van der Waals surface area contributed by atoms with Crippen LogP contribution in [0.25, 0.3) is 0 Å². The number of piperidine rings is 1. The van der Waals surface area contributed by atoms with Crippen LogP contribution in [0.4, 0.5) is 9.18 Å². The molecule has 1 aromatic rings. The van der Waals surface area contributed by atoms with Crippen LogP contribution < -0.4 is 10.5 Å². The fourth-order valence-electron chi connectivity index (χ4n) is 2.24. The van der Waals surface area contributed by atoms with E-state index >= 15 is 0 Å². The van der Waals surface area contributed by atoms with E-state index in [4.69, 9.17) is 15.2 Å². The minimum atomic E-state index is -0.705. The van der Waals surface area contributed by atoms with Crippen LogP contribution in [-0.2, 0) is 4.74 Å². The largest absolute Gasteiger partial charge is 0.492 e. The van der Waals surface area contributed by atoms with Gasteiger partial charge in [0.1, 0.15) is 24.3 Å². The van der Waals surface area contributed by atoms with Gasteiger partial charge < -0.3 is 15.2 Å². The van der Waals surface area contributed by atoms with Crippen molar-refractivity contribution < 1.29 is 18.7 Å². The maximum absolute atomic E-state index is 12.7. The summed E-state index contributed by atoms with van der Waals surface area (Å²) >= 11 is 0. The fourth-order valence-corrected chi connectivity index (χ4v) is 2.24. The predicted octanol–water partition coefficient (Wildman–Crippen LogP) is 1.76. The number of carbonyl (C=O) groups is 1. The number of rotatable bonds is 5. The van der Waals surface area contributed by atoms with Gasteiger partial charge in [-0.15, -0.1) is 0 Å². The molecule has 6 heteroatoms. The Morgan fingerprint density at radius 1 is 1.30 bits per heavy atom. The summed E-state index contributed by atoms with van der Waals surface area (Å²) in [5.74, 6) is 0.396. The van der Waals surface area contributed by atoms with Gasteiger partial charge >= 0.3 is 6.09 Å². The van der Waals surface area contributed by atoms with Crippen molar-refractivity contribution in [2.24, 2.45) is 5.73 Å². The molecule has 110 valence electrons. The van der Waals surface area contributed by atoms with E-state index in [9.17, 15) is 9.18 Å². The third-order valence-corrected chi connectivity index (χ3v) is 3.31. The molecule has 2 rings (SSSR count). The standard InChI is InChI=1S/C14H19FN2O3/c15-11-1-3-12(4-2-11)19-10-9-17-7-5-13(6-8-17)20-14(16)18/h1-4,13H,5-10H2,(H2,16,18). The number of ether oxygens (including phenoxy) is 2. The highest BCUT2D eigenvalue weighted by atomic mass is 19.1. The first-order valence-electron chi connectivity index (χ1n) is 6.70. The number of likely N-dealkylation sites (tertiary alicyclic amines) is 1. The summed E-state index contributed by atoms with van der Waals surface area (Å²) in [6.07, 6.45) is 0.809. The van der Waals surface area contributed by atoms with Gasteiger partial charge in [0.25, 0.3) is 0 Å². The van der Waals surface area contributed by atoms with Gasteiger partial charge in [0.15, 0.2) is 0 Å². The average Bonchev–Trinajstić information content (AvgIpc) is 2.42. The summed E-state index contributed by atoms with van der Waals surface area (Å²) in [7, 11) is 0. The Bertz CT molecular complexity index is 431. The fraction of sp³-hybridized carbons (Fsp3) is 0.500. The van der Waals surface area contributed by atoms with E-state index in [0.717, 1.165) is 32.5 Å². The quantitative estimate of drug-likeness (QED) is 0.894. The average molecular weight is 282 g/mol. The molecule has 0 unspecified atom stereocenters. The number of carbonyl (C=O) groups excluding carboxylic acids is 1. The first-order valence-corrected chi connectivity index (χ1v) is 6.70.